The molecule has 174 valence electrons. The van der Waals surface area contributed by atoms with Gasteiger partial charge in [-0.05, 0) is 24.8 Å². The third-order valence-electron chi connectivity index (χ3n) is 6.51. The van der Waals surface area contributed by atoms with Crippen molar-refractivity contribution >= 4 is 0 Å². The van der Waals surface area contributed by atoms with E-state index in [1.54, 1.807) is 0 Å². The molecule has 0 saturated carbocycles. The molecule has 1 heterocycles. The van der Waals surface area contributed by atoms with Crippen molar-refractivity contribution in [2.24, 2.45) is 0 Å². The maximum Gasteiger partial charge on any atom is 0.108 e. The van der Waals surface area contributed by atoms with E-state index in [1.807, 2.05) is 6.20 Å². The Hall–Kier alpha value is -1.57. The molecule has 0 atom stereocenters. The summed E-state index contributed by atoms with van der Waals surface area (Å²) in [6.45, 7) is 3.43. The molecule has 2 aromatic rings. The monoisotopic (exact) mass is 424 g/mol. The number of imidazole rings is 1. The highest BCUT2D eigenvalue weighted by molar-refractivity contribution is 5.14. The SMILES string of the molecule is CCCCCCCCCCCCCCCCCn1ccnc1CCCc1ccccc1. The summed E-state index contributed by atoms with van der Waals surface area (Å²) in [6.07, 6.45) is 28.9. The van der Waals surface area contributed by atoms with E-state index in [0.29, 0.717) is 0 Å². The van der Waals surface area contributed by atoms with Crippen LogP contribution in [-0.4, -0.2) is 9.55 Å². The maximum absolute atomic E-state index is 4.60. The van der Waals surface area contributed by atoms with Crippen molar-refractivity contribution in [2.45, 2.75) is 129 Å². The van der Waals surface area contributed by atoms with E-state index >= 15 is 0 Å². The van der Waals surface area contributed by atoms with Crippen LogP contribution >= 0.6 is 0 Å². The largest absolute Gasteiger partial charge is 0.335 e. The van der Waals surface area contributed by atoms with Gasteiger partial charge < -0.3 is 4.57 Å². The van der Waals surface area contributed by atoms with Gasteiger partial charge in [0, 0.05) is 25.4 Å². The Balaban J connectivity index is 1.39. The van der Waals surface area contributed by atoms with Crippen molar-refractivity contribution in [2.75, 3.05) is 0 Å². The Morgan fingerprint density at radius 1 is 0.613 bits per heavy atom. The third kappa shape index (κ3) is 12.8. The number of benzene rings is 1. The van der Waals surface area contributed by atoms with Gasteiger partial charge in [-0.3, -0.25) is 0 Å². The molecular weight excluding hydrogens is 376 g/mol. The summed E-state index contributed by atoms with van der Waals surface area (Å²) in [5.41, 5.74) is 1.43. The second-order valence-electron chi connectivity index (χ2n) is 9.33. The summed E-state index contributed by atoms with van der Waals surface area (Å²) in [5, 5.41) is 0. The van der Waals surface area contributed by atoms with Crippen molar-refractivity contribution in [1.29, 1.82) is 0 Å². The van der Waals surface area contributed by atoms with Crippen molar-refractivity contribution in [3.8, 4) is 0 Å². The smallest absolute Gasteiger partial charge is 0.108 e. The van der Waals surface area contributed by atoms with Gasteiger partial charge in [-0.2, -0.15) is 0 Å². The Kier molecular flexibility index (Phi) is 15.0. The minimum absolute atomic E-state index is 1.08. The second kappa shape index (κ2) is 18.0. The molecule has 0 N–H and O–H groups in total. The molecule has 31 heavy (non-hydrogen) atoms. The Bertz CT molecular complexity index is 631. The van der Waals surface area contributed by atoms with E-state index in [4.69, 9.17) is 0 Å². The summed E-state index contributed by atoms with van der Waals surface area (Å²) in [4.78, 5) is 4.60. The lowest BCUT2D eigenvalue weighted by molar-refractivity contribution is 0.517. The fourth-order valence-corrected chi connectivity index (χ4v) is 4.52. The van der Waals surface area contributed by atoms with Gasteiger partial charge in [0.25, 0.3) is 0 Å². The predicted molar refractivity (Wildman–Crippen MR) is 136 cm³/mol. The molecule has 1 aromatic carbocycles. The summed E-state index contributed by atoms with van der Waals surface area (Å²) in [7, 11) is 0. The van der Waals surface area contributed by atoms with Gasteiger partial charge in [0.15, 0.2) is 0 Å². The summed E-state index contributed by atoms with van der Waals surface area (Å²) < 4.78 is 2.38. The Labute approximate surface area is 192 Å². The topological polar surface area (TPSA) is 17.8 Å². The predicted octanol–water partition coefficient (Wildman–Crippen LogP) is 8.93. The molecule has 0 bridgehead atoms. The van der Waals surface area contributed by atoms with Gasteiger partial charge in [-0.1, -0.05) is 127 Å². The first-order valence-corrected chi connectivity index (χ1v) is 13.4. The summed E-state index contributed by atoms with van der Waals surface area (Å²) in [6, 6.07) is 10.8. The molecular formula is C29H48N2. The number of nitrogens with zero attached hydrogens (tertiary/aromatic N) is 2. The highest BCUT2D eigenvalue weighted by Crippen LogP contribution is 2.14. The zero-order chi connectivity index (χ0) is 21.8. The van der Waals surface area contributed by atoms with Crippen molar-refractivity contribution in [1.82, 2.24) is 9.55 Å². The molecule has 2 heteroatoms. The lowest BCUT2D eigenvalue weighted by Gasteiger charge is -2.08. The normalized spacial score (nSPS) is 11.3. The van der Waals surface area contributed by atoms with Crippen LogP contribution < -0.4 is 0 Å². The summed E-state index contributed by atoms with van der Waals surface area (Å²) >= 11 is 0. The molecule has 0 fully saturated rings. The van der Waals surface area contributed by atoms with E-state index in [9.17, 15) is 0 Å². The molecule has 1 aromatic heterocycles. The zero-order valence-electron chi connectivity index (χ0n) is 20.4. The molecule has 2 rings (SSSR count). The molecule has 0 amide bonds. The maximum atomic E-state index is 4.60. The van der Waals surface area contributed by atoms with Crippen LogP contribution in [0.2, 0.25) is 0 Å². The fraction of sp³-hybridized carbons (Fsp3) is 0.690. The number of aromatic nitrogens is 2. The first-order chi connectivity index (χ1) is 15.4. The van der Waals surface area contributed by atoms with Gasteiger partial charge >= 0.3 is 0 Å². The molecule has 0 aliphatic rings. The van der Waals surface area contributed by atoms with Gasteiger partial charge in [0.1, 0.15) is 5.82 Å². The van der Waals surface area contributed by atoms with E-state index in [1.165, 1.54) is 114 Å². The molecule has 0 unspecified atom stereocenters. The van der Waals surface area contributed by atoms with E-state index in [0.717, 1.165) is 19.4 Å². The van der Waals surface area contributed by atoms with Crippen LogP contribution in [0.3, 0.4) is 0 Å². The van der Waals surface area contributed by atoms with Gasteiger partial charge in [-0.15, -0.1) is 0 Å². The molecule has 0 spiro atoms. The standard InChI is InChI=1S/C29H48N2/c1-2-3-4-5-6-7-8-9-10-11-12-13-14-15-19-26-31-27-25-30-29(31)24-20-23-28-21-17-16-18-22-28/h16-18,21-22,25,27H,2-15,19-20,23-24,26H2,1H3. The third-order valence-corrected chi connectivity index (χ3v) is 6.51. The van der Waals surface area contributed by atoms with Crippen molar-refractivity contribution in [3.63, 3.8) is 0 Å². The lowest BCUT2D eigenvalue weighted by Crippen LogP contribution is -2.04. The Morgan fingerprint density at radius 2 is 1.16 bits per heavy atom. The van der Waals surface area contributed by atoms with Gasteiger partial charge in [-0.25, -0.2) is 4.98 Å². The van der Waals surface area contributed by atoms with E-state index in [-0.39, 0.29) is 0 Å². The van der Waals surface area contributed by atoms with Crippen LogP contribution in [0.15, 0.2) is 42.7 Å². The van der Waals surface area contributed by atoms with E-state index in [2.05, 4.69) is 53.0 Å². The highest BCUT2D eigenvalue weighted by Gasteiger charge is 2.03. The minimum Gasteiger partial charge on any atom is -0.335 e. The van der Waals surface area contributed by atoms with Crippen molar-refractivity contribution < 1.29 is 0 Å². The molecule has 0 radical (unpaired) electrons. The van der Waals surface area contributed by atoms with Crippen LogP contribution in [0.5, 0.6) is 0 Å². The number of unbranched alkanes of at least 4 members (excludes halogenated alkanes) is 14. The average molecular weight is 425 g/mol. The molecule has 0 aliphatic heterocycles. The number of aryl methyl sites for hydroxylation is 3. The molecule has 0 saturated heterocycles. The minimum atomic E-state index is 1.08. The molecule has 0 aliphatic carbocycles. The van der Waals surface area contributed by atoms with Crippen molar-refractivity contribution in [3.05, 3.63) is 54.1 Å². The quantitative estimate of drug-likeness (QED) is 0.194. The first-order valence-electron chi connectivity index (χ1n) is 13.4. The Morgan fingerprint density at radius 3 is 1.74 bits per heavy atom. The van der Waals surface area contributed by atoms with Gasteiger partial charge in [0.2, 0.25) is 0 Å². The number of hydrogen-bond acceptors (Lipinski definition) is 1. The molecule has 2 nitrogen and oxygen atoms in total. The second-order valence-corrected chi connectivity index (χ2v) is 9.33. The number of hydrogen-bond donors (Lipinski definition) is 0. The fourth-order valence-electron chi connectivity index (χ4n) is 4.52. The summed E-state index contributed by atoms with van der Waals surface area (Å²) in [5.74, 6) is 1.27. The van der Waals surface area contributed by atoms with Crippen LogP contribution in [0.25, 0.3) is 0 Å². The van der Waals surface area contributed by atoms with E-state index < -0.39 is 0 Å². The number of rotatable bonds is 20. The van der Waals surface area contributed by atoms with Crippen LogP contribution in [0.1, 0.15) is 121 Å². The van der Waals surface area contributed by atoms with Crippen LogP contribution in [0.4, 0.5) is 0 Å². The lowest BCUT2D eigenvalue weighted by atomic mass is 10.0. The van der Waals surface area contributed by atoms with Crippen LogP contribution in [-0.2, 0) is 19.4 Å². The first kappa shape index (κ1) is 25.7. The zero-order valence-corrected chi connectivity index (χ0v) is 20.4. The average Bonchev–Trinajstić information content (AvgIpc) is 3.24. The van der Waals surface area contributed by atoms with Gasteiger partial charge in [0.05, 0.1) is 0 Å². The highest BCUT2D eigenvalue weighted by atomic mass is 15.1. The van der Waals surface area contributed by atoms with Crippen LogP contribution in [0, 0.1) is 0 Å².